The van der Waals surface area contributed by atoms with E-state index in [0.717, 1.165) is 28.9 Å². The van der Waals surface area contributed by atoms with Crippen molar-refractivity contribution >= 4 is 16.8 Å². The zero-order chi connectivity index (χ0) is 17.3. The number of hydrogen-bond acceptors (Lipinski definition) is 1. The predicted molar refractivity (Wildman–Crippen MR) is 98.6 cm³/mol. The van der Waals surface area contributed by atoms with Crippen molar-refractivity contribution in [3.05, 3.63) is 59.0 Å². The fraction of sp³-hybridized carbons (Fsp3) is 0.350. The van der Waals surface area contributed by atoms with Crippen LogP contribution in [0, 0.1) is 13.8 Å². The average molecular weight is 323 g/mol. The Bertz CT molecular complexity index is 870. The average Bonchev–Trinajstić information content (AvgIpc) is 3.08. The summed E-state index contributed by atoms with van der Waals surface area (Å²) < 4.78 is 2.20. The summed E-state index contributed by atoms with van der Waals surface area (Å²) >= 11 is 0. The largest absolute Gasteiger partial charge is 0.361 e. The molecule has 24 heavy (non-hydrogen) atoms. The zero-order valence-corrected chi connectivity index (χ0v) is 14.8. The van der Waals surface area contributed by atoms with E-state index in [1.165, 1.54) is 10.9 Å². The molecule has 0 saturated heterocycles. The maximum atomic E-state index is 12.5. The molecule has 0 aliphatic rings. The number of nitrogens with zero attached hydrogens (tertiary/aromatic N) is 1. The summed E-state index contributed by atoms with van der Waals surface area (Å²) in [6.45, 7) is 8.97. The van der Waals surface area contributed by atoms with Crippen LogP contribution < -0.4 is 5.32 Å². The SMILES string of the molecule is Cc1cc(C(=O)NCCc2c[nH]c3ccccc23)c(C)n1C(C)C. The Hall–Kier alpha value is -2.49. The molecule has 0 atom stereocenters. The van der Waals surface area contributed by atoms with Crippen LogP contribution in [0.25, 0.3) is 10.9 Å². The molecule has 0 saturated carbocycles. The van der Waals surface area contributed by atoms with Gasteiger partial charge in [-0.05, 0) is 51.8 Å². The smallest absolute Gasteiger partial charge is 0.253 e. The third kappa shape index (κ3) is 2.96. The van der Waals surface area contributed by atoms with Crippen molar-refractivity contribution in [2.75, 3.05) is 6.54 Å². The Kier molecular flexibility index (Phi) is 4.47. The summed E-state index contributed by atoms with van der Waals surface area (Å²) in [7, 11) is 0. The maximum absolute atomic E-state index is 12.5. The molecule has 3 aromatic rings. The molecule has 4 heteroatoms. The summed E-state index contributed by atoms with van der Waals surface area (Å²) in [6.07, 6.45) is 2.85. The molecular formula is C20H25N3O. The van der Waals surface area contributed by atoms with E-state index in [4.69, 9.17) is 0 Å². The molecular weight excluding hydrogens is 298 g/mol. The van der Waals surface area contributed by atoms with Crippen molar-refractivity contribution in [2.45, 2.75) is 40.2 Å². The fourth-order valence-corrected chi connectivity index (χ4v) is 3.55. The summed E-state index contributed by atoms with van der Waals surface area (Å²) in [5.41, 5.74) is 5.31. The van der Waals surface area contributed by atoms with Gasteiger partial charge in [0.05, 0.1) is 5.56 Å². The van der Waals surface area contributed by atoms with Gasteiger partial charge in [-0.2, -0.15) is 0 Å². The number of fused-ring (bicyclic) bond motifs is 1. The van der Waals surface area contributed by atoms with Crippen molar-refractivity contribution < 1.29 is 4.79 Å². The second-order valence-corrected chi connectivity index (χ2v) is 6.61. The number of nitrogens with one attached hydrogen (secondary N) is 2. The summed E-state index contributed by atoms with van der Waals surface area (Å²) in [5, 5.41) is 4.28. The number of carbonyl (C=O) groups excluding carboxylic acids is 1. The molecule has 0 unspecified atom stereocenters. The summed E-state index contributed by atoms with van der Waals surface area (Å²) in [4.78, 5) is 15.8. The molecule has 0 fully saturated rings. The fourth-order valence-electron chi connectivity index (χ4n) is 3.55. The van der Waals surface area contributed by atoms with Gasteiger partial charge in [0.1, 0.15) is 0 Å². The molecule has 3 rings (SSSR count). The Morgan fingerprint density at radius 1 is 1.25 bits per heavy atom. The quantitative estimate of drug-likeness (QED) is 0.728. The van der Waals surface area contributed by atoms with Crippen LogP contribution in [0.15, 0.2) is 36.5 Å². The molecule has 0 aliphatic carbocycles. The number of aryl methyl sites for hydroxylation is 1. The van der Waals surface area contributed by atoms with Crippen LogP contribution in [-0.2, 0) is 6.42 Å². The first kappa shape index (κ1) is 16.4. The number of H-pyrrole nitrogens is 1. The first-order valence-corrected chi connectivity index (χ1v) is 8.50. The van der Waals surface area contributed by atoms with E-state index < -0.39 is 0 Å². The highest BCUT2D eigenvalue weighted by Gasteiger charge is 2.16. The number of para-hydroxylation sites is 1. The van der Waals surface area contributed by atoms with E-state index in [1.807, 2.05) is 31.3 Å². The summed E-state index contributed by atoms with van der Waals surface area (Å²) in [6, 6.07) is 10.6. The van der Waals surface area contributed by atoms with Crippen molar-refractivity contribution in [1.29, 1.82) is 0 Å². The van der Waals surface area contributed by atoms with Gasteiger partial charge in [-0.1, -0.05) is 18.2 Å². The molecule has 0 radical (unpaired) electrons. The van der Waals surface area contributed by atoms with Crippen LogP contribution in [-0.4, -0.2) is 22.0 Å². The molecule has 1 aromatic carbocycles. The molecule has 2 N–H and O–H groups in total. The lowest BCUT2D eigenvalue weighted by atomic mass is 10.1. The lowest BCUT2D eigenvalue weighted by Gasteiger charge is -2.13. The van der Waals surface area contributed by atoms with E-state index >= 15 is 0 Å². The third-order valence-electron chi connectivity index (χ3n) is 4.60. The van der Waals surface area contributed by atoms with Gasteiger partial charge in [0.25, 0.3) is 5.91 Å². The minimum atomic E-state index is 0.00911. The van der Waals surface area contributed by atoms with Gasteiger partial charge in [-0.3, -0.25) is 4.79 Å². The molecule has 1 amide bonds. The highest BCUT2D eigenvalue weighted by Crippen LogP contribution is 2.20. The van der Waals surface area contributed by atoms with Crippen molar-refractivity contribution in [2.24, 2.45) is 0 Å². The second kappa shape index (κ2) is 6.56. The highest BCUT2D eigenvalue weighted by atomic mass is 16.1. The van der Waals surface area contributed by atoms with Gasteiger partial charge in [0.15, 0.2) is 0 Å². The Labute approximate surface area is 142 Å². The van der Waals surface area contributed by atoms with E-state index in [2.05, 4.69) is 47.8 Å². The molecule has 0 bridgehead atoms. The molecule has 0 spiro atoms. The van der Waals surface area contributed by atoms with Crippen LogP contribution in [0.5, 0.6) is 0 Å². The zero-order valence-electron chi connectivity index (χ0n) is 14.8. The lowest BCUT2D eigenvalue weighted by Crippen LogP contribution is -2.26. The normalized spacial score (nSPS) is 11.4. The number of rotatable bonds is 5. The van der Waals surface area contributed by atoms with E-state index in [-0.39, 0.29) is 5.91 Å². The molecule has 0 aliphatic heterocycles. The van der Waals surface area contributed by atoms with Gasteiger partial charge in [-0.15, -0.1) is 0 Å². The topological polar surface area (TPSA) is 49.8 Å². The van der Waals surface area contributed by atoms with Gasteiger partial charge in [0, 0.05) is 41.1 Å². The van der Waals surface area contributed by atoms with Crippen molar-refractivity contribution in [3.63, 3.8) is 0 Å². The van der Waals surface area contributed by atoms with Crippen molar-refractivity contribution in [3.8, 4) is 0 Å². The standard InChI is InChI=1S/C20H25N3O/c1-13(2)23-14(3)11-18(15(23)4)20(24)21-10-9-16-12-22-19-8-6-5-7-17(16)19/h5-8,11-13,22H,9-10H2,1-4H3,(H,21,24). The molecule has 2 heterocycles. The van der Waals surface area contributed by atoms with Crippen LogP contribution in [0.3, 0.4) is 0 Å². The number of hydrogen-bond donors (Lipinski definition) is 2. The number of benzene rings is 1. The number of aromatic nitrogens is 2. The van der Waals surface area contributed by atoms with Crippen LogP contribution >= 0.6 is 0 Å². The monoisotopic (exact) mass is 323 g/mol. The van der Waals surface area contributed by atoms with Gasteiger partial charge >= 0.3 is 0 Å². The van der Waals surface area contributed by atoms with E-state index in [1.54, 1.807) is 0 Å². The molecule has 2 aromatic heterocycles. The van der Waals surface area contributed by atoms with E-state index in [9.17, 15) is 4.79 Å². The van der Waals surface area contributed by atoms with Gasteiger partial charge < -0.3 is 14.9 Å². The Balaban J connectivity index is 1.67. The van der Waals surface area contributed by atoms with Gasteiger partial charge in [-0.25, -0.2) is 0 Å². The first-order valence-electron chi connectivity index (χ1n) is 8.50. The highest BCUT2D eigenvalue weighted by molar-refractivity contribution is 5.95. The first-order chi connectivity index (χ1) is 11.5. The lowest BCUT2D eigenvalue weighted by molar-refractivity contribution is 0.0953. The van der Waals surface area contributed by atoms with Crippen LogP contribution in [0.2, 0.25) is 0 Å². The summed E-state index contributed by atoms with van der Waals surface area (Å²) in [5.74, 6) is 0.00911. The van der Waals surface area contributed by atoms with Crippen molar-refractivity contribution in [1.82, 2.24) is 14.9 Å². The minimum Gasteiger partial charge on any atom is -0.361 e. The predicted octanol–water partition coefficient (Wildman–Crippen LogP) is 4.14. The van der Waals surface area contributed by atoms with Crippen LogP contribution in [0.4, 0.5) is 0 Å². The number of amides is 1. The minimum absolute atomic E-state index is 0.00911. The van der Waals surface area contributed by atoms with Gasteiger partial charge in [0.2, 0.25) is 0 Å². The molecule has 126 valence electrons. The Morgan fingerprint density at radius 2 is 2.00 bits per heavy atom. The number of aromatic amines is 1. The third-order valence-corrected chi connectivity index (χ3v) is 4.60. The maximum Gasteiger partial charge on any atom is 0.253 e. The molecule has 4 nitrogen and oxygen atoms in total. The second-order valence-electron chi connectivity index (χ2n) is 6.61. The van der Waals surface area contributed by atoms with Crippen LogP contribution in [0.1, 0.15) is 47.2 Å². The van der Waals surface area contributed by atoms with E-state index in [0.29, 0.717) is 12.6 Å². The number of carbonyl (C=O) groups is 1. The Morgan fingerprint density at radius 3 is 2.71 bits per heavy atom.